The van der Waals surface area contributed by atoms with Crippen LogP contribution in [0.3, 0.4) is 0 Å². The number of amides is 1. The second-order valence-electron chi connectivity index (χ2n) is 2.91. The number of primary amides is 1. The molecule has 1 aromatic heterocycles. The number of anilines is 1. The molecule has 1 aliphatic heterocycles. The van der Waals surface area contributed by atoms with Crippen LogP contribution in [0.25, 0.3) is 0 Å². The van der Waals surface area contributed by atoms with Gasteiger partial charge in [0.25, 0.3) is 5.91 Å². The molecule has 0 aliphatic carbocycles. The van der Waals surface area contributed by atoms with Crippen LogP contribution in [0.15, 0.2) is 0 Å². The highest BCUT2D eigenvalue weighted by molar-refractivity contribution is 7.16. The third-order valence-corrected chi connectivity index (χ3v) is 3.13. The molecule has 4 nitrogen and oxygen atoms in total. The van der Waals surface area contributed by atoms with E-state index >= 15 is 0 Å². The van der Waals surface area contributed by atoms with Gasteiger partial charge in [-0.05, 0) is 12.0 Å². The smallest absolute Gasteiger partial charge is 0.251 e. The minimum atomic E-state index is -0.433. The van der Waals surface area contributed by atoms with E-state index in [-0.39, 0.29) is 0 Å². The lowest BCUT2D eigenvalue weighted by molar-refractivity contribution is 0.0991. The molecule has 0 atom stereocenters. The fourth-order valence-corrected chi connectivity index (χ4v) is 2.58. The third-order valence-electron chi connectivity index (χ3n) is 2.09. The first-order valence-corrected chi connectivity index (χ1v) is 4.79. The van der Waals surface area contributed by atoms with Crippen LogP contribution in [0.1, 0.15) is 20.8 Å². The first kappa shape index (κ1) is 8.52. The summed E-state index contributed by atoms with van der Waals surface area (Å²) in [6, 6.07) is 0. The van der Waals surface area contributed by atoms with E-state index in [0.29, 0.717) is 23.8 Å². The Labute approximate surface area is 79.5 Å². The van der Waals surface area contributed by atoms with E-state index < -0.39 is 5.91 Å². The van der Waals surface area contributed by atoms with E-state index in [1.165, 1.54) is 11.3 Å². The van der Waals surface area contributed by atoms with Crippen molar-refractivity contribution in [2.45, 2.75) is 13.0 Å². The number of nitrogens with two attached hydrogens (primary N) is 2. The summed E-state index contributed by atoms with van der Waals surface area (Å²) < 4.78 is 5.25. The highest BCUT2D eigenvalue weighted by Gasteiger charge is 2.22. The molecule has 0 radical (unpaired) electrons. The molecule has 70 valence electrons. The number of thiophene rings is 1. The first-order valence-electron chi connectivity index (χ1n) is 3.97. The van der Waals surface area contributed by atoms with Crippen molar-refractivity contribution in [1.29, 1.82) is 0 Å². The Bertz CT molecular complexity index is 359. The second kappa shape index (κ2) is 3.01. The van der Waals surface area contributed by atoms with E-state index in [4.69, 9.17) is 16.2 Å². The Morgan fingerprint density at radius 2 is 2.31 bits per heavy atom. The average Bonchev–Trinajstić information content (AvgIpc) is 2.39. The summed E-state index contributed by atoms with van der Waals surface area (Å²) in [5.41, 5.74) is 12.4. The number of hydrogen-bond acceptors (Lipinski definition) is 4. The molecule has 0 unspecified atom stereocenters. The van der Waals surface area contributed by atoms with Gasteiger partial charge < -0.3 is 16.2 Å². The quantitative estimate of drug-likeness (QED) is 0.689. The molecule has 4 N–H and O–H groups in total. The van der Waals surface area contributed by atoms with Gasteiger partial charge in [-0.3, -0.25) is 4.79 Å². The Hall–Kier alpha value is -1.07. The van der Waals surface area contributed by atoms with Crippen LogP contribution in [-0.4, -0.2) is 12.5 Å². The lowest BCUT2D eigenvalue weighted by Crippen LogP contribution is -2.17. The SMILES string of the molecule is NC(=O)c1c(N)sc2c1CCOC2. The molecule has 2 rings (SSSR count). The molecular weight excluding hydrogens is 188 g/mol. The lowest BCUT2D eigenvalue weighted by atomic mass is 10.1. The minimum absolute atomic E-state index is 0.433. The second-order valence-corrected chi connectivity index (χ2v) is 4.05. The standard InChI is InChI=1S/C8H10N2O2S/c9-7(11)6-4-1-2-12-3-5(4)13-8(6)10/h1-3,10H2,(H2,9,11). The molecule has 0 bridgehead atoms. The monoisotopic (exact) mass is 198 g/mol. The number of carbonyl (C=O) groups is 1. The Balaban J connectivity index is 2.54. The number of fused-ring (bicyclic) bond motifs is 1. The molecule has 13 heavy (non-hydrogen) atoms. The first-order chi connectivity index (χ1) is 6.20. The molecule has 0 aromatic carbocycles. The fraction of sp³-hybridized carbons (Fsp3) is 0.375. The topological polar surface area (TPSA) is 78.3 Å². The maximum absolute atomic E-state index is 11.1. The van der Waals surface area contributed by atoms with Gasteiger partial charge in [0.15, 0.2) is 0 Å². The summed E-state index contributed by atoms with van der Waals surface area (Å²) in [5.74, 6) is -0.433. The summed E-state index contributed by atoms with van der Waals surface area (Å²) >= 11 is 1.40. The molecule has 0 fully saturated rings. The van der Waals surface area contributed by atoms with Crippen molar-refractivity contribution in [2.75, 3.05) is 12.3 Å². The summed E-state index contributed by atoms with van der Waals surface area (Å²) in [6.07, 6.45) is 0.737. The summed E-state index contributed by atoms with van der Waals surface area (Å²) in [6.45, 7) is 1.20. The van der Waals surface area contributed by atoms with Crippen molar-refractivity contribution < 1.29 is 9.53 Å². The number of carbonyl (C=O) groups excluding carboxylic acids is 1. The van der Waals surface area contributed by atoms with Gasteiger partial charge in [-0.15, -0.1) is 11.3 Å². The Kier molecular flexibility index (Phi) is 1.97. The minimum Gasteiger partial charge on any atom is -0.390 e. The van der Waals surface area contributed by atoms with Gasteiger partial charge in [0, 0.05) is 4.88 Å². The van der Waals surface area contributed by atoms with Crippen LogP contribution in [0.2, 0.25) is 0 Å². The maximum atomic E-state index is 11.1. The van der Waals surface area contributed by atoms with E-state index in [1.54, 1.807) is 0 Å². The molecule has 1 aliphatic rings. The zero-order chi connectivity index (χ0) is 9.42. The molecule has 1 aromatic rings. The van der Waals surface area contributed by atoms with Crippen LogP contribution < -0.4 is 11.5 Å². The van der Waals surface area contributed by atoms with Gasteiger partial charge in [0.2, 0.25) is 0 Å². The molecule has 5 heteroatoms. The van der Waals surface area contributed by atoms with Gasteiger partial charge in [0.1, 0.15) is 0 Å². The van der Waals surface area contributed by atoms with E-state index in [1.807, 2.05) is 0 Å². The Morgan fingerprint density at radius 1 is 1.54 bits per heavy atom. The van der Waals surface area contributed by atoms with Crippen molar-refractivity contribution in [3.8, 4) is 0 Å². The highest BCUT2D eigenvalue weighted by atomic mass is 32.1. The molecule has 0 spiro atoms. The van der Waals surface area contributed by atoms with E-state index in [9.17, 15) is 4.79 Å². The largest absolute Gasteiger partial charge is 0.390 e. The summed E-state index contributed by atoms with van der Waals surface area (Å²) in [7, 11) is 0. The predicted octanol–water partition coefficient (Wildman–Crippen LogP) is 0.502. The van der Waals surface area contributed by atoms with E-state index in [2.05, 4.69) is 0 Å². The van der Waals surface area contributed by atoms with Crippen molar-refractivity contribution in [3.05, 3.63) is 16.0 Å². The average molecular weight is 198 g/mol. The normalized spacial score (nSPS) is 15.4. The zero-order valence-electron chi connectivity index (χ0n) is 7.00. The van der Waals surface area contributed by atoms with Crippen molar-refractivity contribution in [2.24, 2.45) is 5.73 Å². The van der Waals surface area contributed by atoms with Crippen LogP contribution >= 0.6 is 11.3 Å². The number of nitrogen functional groups attached to an aromatic ring is 1. The van der Waals surface area contributed by atoms with Crippen LogP contribution in [0.5, 0.6) is 0 Å². The van der Waals surface area contributed by atoms with Gasteiger partial charge in [-0.25, -0.2) is 0 Å². The molecule has 2 heterocycles. The third kappa shape index (κ3) is 1.30. The summed E-state index contributed by atoms with van der Waals surface area (Å²) in [4.78, 5) is 12.1. The van der Waals surface area contributed by atoms with Gasteiger partial charge in [-0.2, -0.15) is 0 Å². The molecule has 0 saturated carbocycles. The fourth-order valence-electron chi connectivity index (χ4n) is 1.52. The van der Waals surface area contributed by atoms with Crippen LogP contribution in [0, 0.1) is 0 Å². The maximum Gasteiger partial charge on any atom is 0.251 e. The molecular formula is C8H10N2O2S. The zero-order valence-corrected chi connectivity index (χ0v) is 7.82. The predicted molar refractivity (Wildman–Crippen MR) is 50.6 cm³/mol. The Morgan fingerprint density at radius 3 is 3.00 bits per heavy atom. The summed E-state index contributed by atoms with van der Waals surface area (Å²) in [5, 5.41) is 0.517. The van der Waals surface area contributed by atoms with Gasteiger partial charge in [-0.1, -0.05) is 0 Å². The van der Waals surface area contributed by atoms with Crippen LogP contribution in [0.4, 0.5) is 5.00 Å². The van der Waals surface area contributed by atoms with Crippen molar-refractivity contribution >= 4 is 22.2 Å². The molecule has 0 saturated heterocycles. The number of hydrogen-bond donors (Lipinski definition) is 2. The van der Waals surface area contributed by atoms with Crippen molar-refractivity contribution in [3.63, 3.8) is 0 Å². The van der Waals surface area contributed by atoms with Gasteiger partial charge in [0.05, 0.1) is 23.8 Å². The van der Waals surface area contributed by atoms with Crippen molar-refractivity contribution in [1.82, 2.24) is 0 Å². The van der Waals surface area contributed by atoms with Crippen LogP contribution in [-0.2, 0) is 17.8 Å². The number of rotatable bonds is 1. The number of ether oxygens (including phenoxy) is 1. The highest BCUT2D eigenvalue weighted by Crippen LogP contribution is 2.33. The molecule has 1 amide bonds. The van der Waals surface area contributed by atoms with E-state index in [0.717, 1.165) is 16.9 Å². The van der Waals surface area contributed by atoms with Gasteiger partial charge >= 0.3 is 0 Å². The lowest BCUT2D eigenvalue weighted by Gasteiger charge is -2.12.